The van der Waals surface area contributed by atoms with Gasteiger partial charge in [-0.2, -0.15) is 0 Å². The fraction of sp³-hybridized carbons (Fsp3) is 0.167. The van der Waals surface area contributed by atoms with Gasteiger partial charge in [0.1, 0.15) is 0 Å². The van der Waals surface area contributed by atoms with E-state index in [1.165, 1.54) is 11.3 Å². The highest BCUT2D eigenvalue weighted by molar-refractivity contribution is 7.07. The van der Waals surface area contributed by atoms with Gasteiger partial charge in [-0.1, -0.05) is 84.1 Å². The molecule has 0 amide bonds. The van der Waals surface area contributed by atoms with Crippen molar-refractivity contribution in [1.82, 2.24) is 4.57 Å². The third kappa shape index (κ3) is 4.54. The molecule has 0 radical (unpaired) electrons. The number of fused-ring (bicyclic) bond motifs is 1. The minimum atomic E-state index is -0.712. The molecule has 1 aliphatic rings. The van der Waals surface area contributed by atoms with Crippen molar-refractivity contribution in [3.63, 3.8) is 0 Å². The molecule has 1 aliphatic heterocycles. The van der Waals surface area contributed by atoms with Crippen LogP contribution in [0.15, 0.2) is 94.2 Å². The minimum Gasteiger partial charge on any atom is -0.493 e. The summed E-state index contributed by atoms with van der Waals surface area (Å²) in [5.74, 6) is 0.581. The number of benzene rings is 3. The molecule has 0 unspecified atom stereocenters. The highest BCUT2D eigenvalue weighted by Gasteiger charge is 2.35. The summed E-state index contributed by atoms with van der Waals surface area (Å²) < 4.78 is 18.5. The van der Waals surface area contributed by atoms with Crippen molar-refractivity contribution >= 4 is 29.1 Å². The summed E-state index contributed by atoms with van der Waals surface area (Å²) in [5.41, 5.74) is 2.80. The first-order chi connectivity index (χ1) is 18.6. The second-order valence-corrected chi connectivity index (χ2v) is 9.43. The molecule has 0 saturated heterocycles. The Bertz CT molecular complexity index is 1690. The molecule has 4 aromatic rings. The van der Waals surface area contributed by atoms with Gasteiger partial charge >= 0.3 is 5.97 Å². The van der Waals surface area contributed by atoms with Gasteiger partial charge in [0.05, 0.1) is 42.7 Å². The third-order valence-electron chi connectivity index (χ3n) is 6.21. The average Bonchev–Trinajstić information content (AvgIpc) is 3.27. The van der Waals surface area contributed by atoms with Gasteiger partial charge in [-0.3, -0.25) is 9.36 Å². The van der Waals surface area contributed by atoms with Crippen LogP contribution >= 0.6 is 11.3 Å². The second kappa shape index (κ2) is 10.9. The fourth-order valence-electron chi connectivity index (χ4n) is 4.56. The number of methoxy groups -OCH3 is 2. The monoisotopic (exact) mass is 526 g/mol. The summed E-state index contributed by atoms with van der Waals surface area (Å²) in [4.78, 5) is 32.8. The van der Waals surface area contributed by atoms with E-state index in [1.54, 1.807) is 37.9 Å². The maximum atomic E-state index is 14.0. The lowest BCUT2D eigenvalue weighted by Gasteiger charge is -2.25. The third-order valence-corrected chi connectivity index (χ3v) is 7.19. The predicted molar refractivity (Wildman–Crippen MR) is 147 cm³/mol. The van der Waals surface area contributed by atoms with Gasteiger partial charge in [0.2, 0.25) is 0 Å². The van der Waals surface area contributed by atoms with Gasteiger partial charge in [0, 0.05) is 11.1 Å². The molecule has 0 saturated carbocycles. The van der Waals surface area contributed by atoms with Gasteiger partial charge < -0.3 is 14.2 Å². The number of para-hydroxylation sites is 1. The Balaban J connectivity index is 1.83. The summed E-state index contributed by atoms with van der Waals surface area (Å²) >= 11 is 1.26. The number of nitrogens with zero attached hydrogens (tertiary/aromatic N) is 2. The van der Waals surface area contributed by atoms with Crippen LogP contribution in [0.2, 0.25) is 0 Å². The van der Waals surface area contributed by atoms with Crippen LogP contribution in [0, 0.1) is 0 Å². The standard InChI is InChI=1S/C30H26N2O5S/c1-4-37-29(34)24-25(19-12-7-5-8-13-19)31-30-32(26(24)20-14-9-6-10-15-20)28(33)23(38-30)18-21-16-11-17-22(35-2)27(21)36-3/h5-18,26H,4H2,1-3H3/b23-18-/t26-/m1/s1. The maximum Gasteiger partial charge on any atom is 0.338 e. The van der Waals surface area contributed by atoms with E-state index < -0.39 is 12.0 Å². The normalized spacial score (nSPS) is 15.0. The number of ether oxygens (including phenoxy) is 3. The van der Waals surface area contributed by atoms with E-state index in [1.807, 2.05) is 72.8 Å². The Morgan fingerprint density at radius 1 is 0.974 bits per heavy atom. The van der Waals surface area contributed by atoms with Crippen LogP contribution in [-0.4, -0.2) is 31.4 Å². The lowest BCUT2D eigenvalue weighted by atomic mass is 9.93. The van der Waals surface area contributed by atoms with Crippen LogP contribution in [0.5, 0.6) is 11.5 Å². The number of rotatable bonds is 7. The van der Waals surface area contributed by atoms with Crippen molar-refractivity contribution in [3.05, 3.63) is 121 Å². The molecule has 7 nitrogen and oxygen atoms in total. The molecule has 1 atom stereocenters. The Morgan fingerprint density at radius 3 is 2.34 bits per heavy atom. The molecule has 0 bridgehead atoms. The number of aromatic nitrogens is 1. The number of thiazole rings is 1. The molecule has 0 N–H and O–H groups in total. The predicted octanol–water partition coefficient (Wildman–Crippen LogP) is 3.95. The number of hydrogen-bond acceptors (Lipinski definition) is 7. The van der Waals surface area contributed by atoms with E-state index in [9.17, 15) is 9.59 Å². The molecule has 1 aromatic heterocycles. The molecular formula is C30H26N2O5S. The molecule has 3 aromatic carbocycles. The van der Waals surface area contributed by atoms with Crippen molar-refractivity contribution in [1.29, 1.82) is 0 Å². The van der Waals surface area contributed by atoms with Crippen molar-refractivity contribution in [3.8, 4) is 11.5 Å². The summed E-state index contributed by atoms with van der Waals surface area (Å²) in [6.07, 6.45) is 1.77. The number of esters is 1. The molecule has 0 fully saturated rings. The van der Waals surface area contributed by atoms with Crippen LogP contribution in [-0.2, 0) is 9.53 Å². The Hall–Kier alpha value is -4.43. The van der Waals surface area contributed by atoms with E-state index in [4.69, 9.17) is 19.2 Å². The van der Waals surface area contributed by atoms with Crippen molar-refractivity contribution < 1.29 is 19.0 Å². The smallest absolute Gasteiger partial charge is 0.338 e. The first-order valence-electron chi connectivity index (χ1n) is 12.1. The number of carbonyl (C=O) groups excluding carboxylic acids is 1. The minimum absolute atomic E-state index is 0.200. The largest absolute Gasteiger partial charge is 0.493 e. The lowest BCUT2D eigenvalue weighted by Crippen LogP contribution is -2.40. The Kier molecular flexibility index (Phi) is 7.24. The van der Waals surface area contributed by atoms with E-state index in [0.717, 1.165) is 11.1 Å². The average molecular weight is 527 g/mol. The molecular weight excluding hydrogens is 500 g/mol. The van der Waals surface area contributed by atoms with Gasteiger partial charge in [-0.05, 0) is 24.6 Å². The van der Waals surface area contributed by atoms with E-state index in [2.05, 4.69) is 0 Å². The van der Waals surface area contributed by atoms with E-state index >= 15 is 0 Å². The van der Waals surface area contributed by atoms with Crippen LogP contribution < -0.4 is 24.4 Å². The summed E-state index contributed by atoms with van der Waals surface area (Å²) in [6.45, 7) is 1.96. The summed E-state index contributed by atoms with van der Waals surface area (Å²) in [6, 6.07) is 23.7. The van der Waals surface area contributed by atoms with E-state index in [-0.39, 0.29) is 12.2 Å². The zero-order valence-corrected chi connectivity index (χ0v) is 22.0. The van der Waals surface area contributed by atoms with Crippen LogP contribution in [0.1, 0.15) is 29.7 Å². The van der Waals surface area contributed by atoms with Gasteiger partial charge in [-0.15, -0.1) is 0 Å². The fourth-order valence-corrected chi connectivity index (χ4v) is 5.55. The van der Waals surface area contributed by atoms with E-state index in [0.29, 0.717) is 37.7 Å². The Labute approximate surface area is 223 Å². The number of hydrogen-bond donors (Lipinski definition) is 0. The quantitative estimate of drug-likeness (QED) is 0.341. The lowest BCUT2D eigenvalue weighted by molar-refractivity contribution is -0.138. The number of carbonyl (C=O) groups is 1. The topological polar surface area (TPSA) is 79.1 Å². The van der Waals surface area contributed by atoms with Crippen molar-refractivity contribution in [2.24, 2.45) is 4.99 Å². The highest BCUT2D eigenvalue weighted by atomic mass is 32.1. The zero-order valence-electron chi connectivity index (χ0n) is 21.2. The van der Waals surface area contributed by atoms with Crippen LogP contribution in [0.4, 0.5) is 0 Å². The second-order valence-electron chi connectivity index (χ2n) is 8.42. The molecule has 2 heterocycles. The SMILES string of the molecule is CCOC(=O)C1=C(c2ccccc2)N=c2s/c(=C\c3cccc(OC)c3OC)c(=O)n2[C@@H]1c1ccccc1. The molecule has 192 valence electrons. The van der Waals surface area contributed by atoms with Gasteiger partial charge in [0.25, 0.3) is 5.56 Å². The molecule has 0 aliphatic carbocycles. The van der Waals surface area contributed by atoms with Crippen molar-refractivity contribution in [2.75, 3.05) is 20.8 Å². The van der Waals surface area contributed by atoms with Crippen LogP contribution in [0.25, 0.3) is 11.8 Å². The Morgan fingerprint density at radius 2 is 1.68 bits per heavy atom. The first kappa shape index (κ1) is 25.2. The van der Waals surface area contributed by atoms with Gasteiger partial charge in [-0.25, -0.2) is 9.79 Å². The van der Waals surface area contributed by atoms with Crippen LogP contribution in [0.3, 0.4) is 0 Å². The summed E-state index contributed by atoms with van der Waals surface area (Å²) in [7, 11) is 3.13. The summed E-state index contributed by atoms with van der Waals surface area (Å²) in [5, 5.41) is 0. The van der Waals surface area contributed by atoms with Crippen molar-refractivity contribution in [2.45, 2.75) is 13.0 Å². The molecule has 38 heavy (non-hydrogen) atoms. The highest BCUT2D eigenvalue weighted by Crippen LogP contribution is 2.35. The molecule has 8 heteroatoms. The van der Waals surface area contributed by atoms with Gasteiger partial charge in [0.15, 0.2) is 16.3 Å². The molecule has 5 rings (SSSR count). The maximum absolute atomic E-state index is 14.0. The first-order valence-corrected chi connectivity index (χ1v) is 12.9. The molecule has 0 spiro atoms. The zero-order chi connectivity index (χ0) is 26.6.